The molecule has 1 rings (SSSR count). The molecule has 0 spiro atoms. The predicted octanol–water partition coefficient (Wildman–Crippen LogP) is 4.45. The van der Waals surface area contributed by atoms with Crippen molar-refractivity contribution >= 4 is 28.9 Å². The van der Waals surface area contributed by atoms with Crippen molar-refractivity contribution in [2.24, 2.45) is 5.92 Å². The number of benzene rings is 1. The number of nitrogens with zero attached hydrogens (tertiary/aromatic N) is 2. The molecule has 0 N–H and O–H groups in total. The molecule has 0 saturated heterocycles. The van der Waals surface area contributed by atoms with Gasteiger partial charge in [0.25, 0.3) is 0 Å². The lowest BCUT2D eigenvalue weighted by molar-refractivity contribution is 0.612. The van der Waals surface area contributed by atoms with Crippen LogP contribution in [0.3, 0.4) is 0 Å². The fourth-order valence-corrected chi connectivity index (χ4v) is 2.34. The molecule has 0 aliphatic heterocycles. The van der Waals surface area contributed by atoms with Crippen LogP contribution in [0.15, 0.2) is 18.2 Å². The number of halogens is 2. The van der Waals surface area contributed by atoms with E-state index >= 15 is 0 Å². The summed E-state index contributed by atoms with van der Waals surface area (Å²) in [6.45, 7) is 5.96. The minimum atomic E-state index is 0.418. The van der Waals surface area contributed by atoms with E-state index in [1.807, 2.05) is 18.2 Å². The molecular formula is C14H18Cl2N2. The molecule has 18 heavy (non-hydrogen) atoms. The van der Waals surface area contributed by atoms with Gasteiger partial charge in [0, 0.05) is 29.7 Å². The molecule has 0 radical (unpaired) electrons. The van der Waals surface area contributed by atoms with Gasteiger partial charge >= 0.3 is 0 Å². The maximum atomic E-state index is 8.71. The van der Waals surface area contributed by atoms with E-state index in [0.29, 0.717) is 23.2 Å². The van der Waals surface area contributed by atoms with Gasteiger partial charge in [0.05, 0.1) is 12.5 Å². The van der Waals surface area contributed by atoms with E-state index in [4.69, 9.17) is 28.5 Å². The van der Waals surface area contributed by atoms with Crippen LogP contribution in [0.2, 0.25) is 5.02 Å². The van der Waals surface area contributed by atoms with E-state index in [1.165, 1.54) is 0 Å². The Bertz CT molecular complexity index is 424. The molecule has 98 valence electrons. The molecule has 0 aliphatic rings. The summed E-state index contributed by atoms with van der Waals surface area (Å²) in [4.78, 5) is 2.19. The van der Waals surface area contributed by atoms with E-state index in [-0.39, 0.29) is 0 Å². The molecule has 0 saturated carbocycles. The Balaban J connectivity index is 2.90. The quantitative estimate of drug-likeness (QED) is 0.722. The SMILES string of the molecule is CC(C)CN(CCC#N)c1ccc(CCl)c(Cl)c1. The van der Waals surface area contributed by atoms with Crippen molar-refractivity contribution in [3.05, 3.63) is 28.8 Å². The Morgan fingerprint density at radius 2 is 2.11 bits per heavy atom. The molecule has 0 heterocycles. The Hall–Kier alpha value is -0.910. The molecule has 1 aromatic rings. The van der Waals surface area contributed by atoms with Crippen LogP contribution in [0, 0.1) is 17.2 Å². The second kappa shape index (κ2) is 7.51. The van der Waals surface area contributed by atoms with Crippen LogP contribution in [0.1, 0.15) is 25.8 Å². The third-order valence-electron chi connectivity index (χ3n) is 2.62. The summed E-state index contributed by atoms with van der Waals surface area (Å²) in [7, 11) is 0. The maximum Gasteiger partial charge on any atom is 0.0640 e. The van der Waals surface area contributed by atoms with Crippen LogP contribution in [-0.4, -0.2) is 13.1 Å². The third-order valence-corrected chi connectivity index (χ3v) is 3.26. The van der Waals surface area contributed by atoms with Crippen LogP contribution in [-0.2, 0) is 5.88 Å². The van der Waals surface area contributed by atoms with E-state index in [2.05, 4.69) is 24.8 Å². The molecule has 4 heteroatoms. The zero-order chi connectivity index (χ0) is 13.5. The fraction of sp³-hybridized carbons (Fsp3) is 0.500. The monoisotopic (exact) mass is 284 g/mol. The molecule has 0 fully saturated rings. The minimum Gasteiger partial charge on any atom is -0.370 e. The summed E-state index contributed by atoms with van der Waals surface area (Å²) in [5.41, 5.74) is 1.99. The van der Waals surface area contributed by atoms with Crippen LogP contribution < -0.4 is 4.90 Å². The van der Waals surface area contributed by atoms with Crippen molar-refractivity contribution in [2.45, 2.75) is 26.1 Å². The lowest BCUT2D eigenvalue weighted by Crippen LogP contribution is -2.28. The number of hydrogen-bond donors (Lipinski definition) is 0. The third kappa shape index (κ3) is 4.40. The zero-order valence-electron chi connectivity index (χ0n) is 10.8. The van der Waals surface area contributed by atoms with E-state index in [1.54, 1.807) is 0 Å². The van der Waals surface area contributed by atoms with Gasteiger partial charge in [-0.15, -0.1) is 11.6 Å². The molecule has 0 amide bonds. The molecule has 0 unspecified atom stereocenters. The number of nitriles is 1. The molecular weight excluding hydrogens is 267 g/mol. The Morgan fingerprint density at radius 1 is 1.39 bits per heavy atom. The smallest absolute Gasteiger partial charge is 0.0640 e. The largest absolute Gasteiger partial charge is 0.370 e. The van der Waals surface area contributed by atoms with Gasteiger partial charge in [-0.3, -0.25) is 0 Å². The molecule has 0 bridgehead atoms. The summed E-state index contributed by atoms with van der Waals surface area (Å²) in [6, 6.07) is 8.08. The summed E-state index contributed by atoms with van der Waals surface area (Å²) in [6.07, 6.45) is 0.515. The standard InChI is InChI=1S/C14H18Cl2N2/c1-11(2)10-18(7-3-6-17)13-5-4-12(9-15)14(16)8-13/h4-5,8,11H,3,7,9-10H2,1-2H3. The summed E-state index contributed by atoms with van der Waals surface area (Å²) in [5.74, 6) is 0.955. The Labute approximate surface area is 119 Å². The molecule has 0 aromatic heterocycles. The van der Waals surface area contributed by atoms with Gasteiger partial charge in [-0.2, -0.15) is 5.26 Å². The molecule has 1 aromatic carbocycles. The van der Waals surface area contributed by atoms with Crippen LogP contribution >= 0.6 is 23.2 Å². The van der Waals surface area contributed by atoms with E-state index in [0.717, 1.165) is 24.3 Å². The first-order valence-corrected chi connectivity index (χ1v) is 6.96. The highest BCUT2D eigenvalue weighted by atomic mass is 35.5. The minimum absolute atomic E-state index is 0.418. The van der Waals surface area contributed by atoms with Gasteiger partial charge in [0.1, 0.15) is 0 Å². The molecule has 0 atom stereocenters. The maximum absolute atomic E-state index is 8.71. The predicted molar refractivity (Wildman–Crippen MR) is 78.3 cm³/mol. The lowest BCUT2D eigenvalue weighted by atomic mass is 10.1. The van der Waals surface area contributed by atoms with Crippen LogP contribution in [0.4, 0.5) is 5.69 Å². The summed E-state index contributed by atoms with van der Waals surface area (Å²) >= 11 is 12.0. The van der Waals surface area contributed by atoms with E-state index in [9.17, 15) is 0 Å². The van der Waals surface area contributed by atoms with Gasteiger partial charge in [0.15, 0.2) is 0 Å². The van der Waals surface area contributed by atoms with Crippen LogP contribution in [0.25, 0.3) is 0 Å². The Morgan fingerprint density at radius 3 is 2.61 bits per heavy atom. The van der Waals surface area contributed by atoms with Gasteiger partial charge < -0.3 is 4.90 Å². The second-order valence-electron chi connectivity index (χ2n) is 4.66. The first-order valence-electron chi connectivity index (χ1n) is 6.04. The first kappa shape index (κ1) is 15.1. The van der Waals surface area contributed by atoms with Crippen molar-refractivity contribution in [2.75, 3.05) is 18.0 Å². The number of anilines is 1. The number of rotatable bonds is 6. The van der Waals surface area contributed by atoms with Crippen LogP contribution in [0.5, 0.6) is 0 Å². The fourth-order valence-electron chi connectivity index (χ4n) is 1.79. The van der Waals surface area contributed by atoms with Crippen molar-refractivity contribution in [3.8, 4) is 6.07 Å². The van der Waals surface area contributed by atoms with Crippen molar-refractivity contribution in [3.63, 3.8) is 0 Å². The molecule has 2 nitrogen and oxygen atoms in total. The highest BCUT2D eigenvalue weighted by Gasteiger charge is 2.10. The topological polar surface area (TPSA) is 27.0 Å². The zero-order valence-corrected chi connectivity index (χ0v) is 12.3. The average Bonchev–Trinajstić information content (AvgIpc) is 2.34. The summed E-state index contributed by atoms with van der Waals surface area (Å²) in [5, 5.41) is 9.40. The van der Waals surface area contributed by atoms with Crippen molar-refractivity contribution in [1.29, 1.82) is 5.26 Å². The summed E-state index contributed by atoms with van der Waals surface area (Å²) < 4.78 is 0. The van der Waals surface area contributed by atoms with E-state index < -0.39 is 0 Å². The van der Waals surface area contributed by atoms with Gasteiger partial charge in [-0.25, -0.2) is 0 Å². The first-order chi connectivity index (χ1) is 8.58. The van der Waals surface area contributed by atoms with Gasteiger partial charge in [-0.1, -0.05) is 31.5 Å². The lowest BCUT2D eigenvalue weighted by Gasteiger charge is -2.26. The number of alkyl halides is 1. The highest BCUT2D eigenvalue weighted by Crippen LogP contribution is 2.25. The average molecular weight is 285 g/mol. The molecule has 0 aliphatic carbocycles. The second-order valence-corrected chi connectivity index (χ2v) is 5.33. The van der Waals surface area contributed by atoms with Crippen molar-refractivity contribution in [1.82, 2.24) is 0 Å². The Kier molecular flexibility index (Phi) is 6.32. The van der Waals surface area contributed by atoms with Crippen molar-refractivity contribution < 1.29 is 0 Å². The van der Waals surface area contributed by atoms with Gasteiger partial charge in [0.2, 0.25) is 0 Å². The van der Waals surface area contributed by atoms with Gasteiger partial charge in [-0.05, 0) is 23.6 Å². The normalized spacial score (nSPS) is 10.4. The number of hydrogen-bond acceptors (Lipinski definition) is 2. The highest BCUT2D eigenvalue weighted by molar-refractivity contribution is 6.32.